The fourth-order valence-electron chi connectivity index (χ4n) is 1.82. The van der Waals surface area contributed by atoms with Crippen LogP contribution < -0.4 is 5.43 Å². The molecule has 19 heavy (non-hydrogen) atoms. The number of aromatic amines is 1. The second kappa shape index (κ2) is 4.81. The molecule has 3 rings (SSSR count). The zero-order chi connectivity index (χ0) is 13.1. The SMILES string of the molecule is O=C(N/N=C/c1c[nH]c2ccccc12)c1ccco1. The largest absolute Gasteiger partial charge is 0.459 e. The van der Waals surface area contributed by atoms with Crippen LogP contribution in [0, 0.1) is 0 Å². The first-order valence-electron chi connectivity index (χ1n) is 5.77. The number of hydrogen-bond donors (Lipinski definition) is 2. The number of carbonyl (C=O) groups is 1. The number of carbonyl (C=O) groups excluding carboxylic acids is 1. The van der Waals surface area contributed by atoms with Crippen molar-refractivity contribution < 1.29 is 9.21 Å². The molecule has 0 bridgehead atoms. The maximum absolute atomic E-state index is 11.6. The quantitative estimate of drug-likeness (QED) is 0.556. The van der Waals surface area contributed by atoms with E-state index in [1.165, 1.54) is 6.26 Å². The summed E-state index contributed by atoms with van der Waals surface area (Å²) < 4.78 is 4.96. The van der Waals surface area contributed by atoms with E-state index in [4.69, 9.17) is 4.42 Å². The highest BCUT2D eigenvalue weighted by molar-refractivity contribution is 5.99. The van der Waals surface area contributed by atoms with E-state index in [0.29, 0.717) is 0 Å². The number of nitrogens with zero attached hydrogens (tertiary/aromatic N) is 1. The minimum atomic E-state index is -0.374. The highest BCUT2D eigenvalue weighted by Gasteiger charge is 2.06. The summed E-state index contributed by atoms with van der Waals surface area (Å²) in [6.07, 6.45) is 4.88. The van der Waals surface area contributed by atoms with E-state index in [0.717, 1.165) is 16.5 Å². The maximum atomic E-state index is 11.6. The van der Waals surface area contributed by atoms with Crippen molar-refractivity contribution in [1.29, 1.82) is 0 Å². The summed E-state index contributed by atoms with van der Waals surface area (Å²) in [6, 6.07) is 11.1. The first-order valence-corrected chi connectivity index (χ1v) is 5.77. The Bertz CT molecular complexity index is 726. The van der Waals surface area contributed by atoms with Gasteiger partial charge in [0.05, 0.1) is 12.5 Å². The molecule has 94 valence electrons. The Kier molecular flexibility index (Phi) is 2.86. The van der Waals surface area contributed by atoms with Crippen LogP contribution in [0.1, 0.15) is 16.1 Å². The lowest BCUT2D eigenvalue weighted by molar-refractivity contribution is 0.0927. The molecule has 0 atom stereocenters. The molecule has 5 nitrogen and oxygen atoms in total. The molecule has 0 aliphatic rings. The van der Waals surface area contributed by atoms with Crippen LogP contribution in [0.25, 0.3) is 10.9 Å². The third-order valence-electron chi connectivity index (χ3n) is 2.74. The van der Waals surface area contributed by atoms with Gasteiger partial charge in [-0.2, -0.15) is 5.10 Å². The van der Waals surface area contributed by atoms with Gasteiger partial charge in [0, 0.05) is 22.7 Å². The smallest absolute Gasteiger partial charge is 0.307 e. The summed E-state index contributed by atoms with van der Waals surface area (Å²) in [4.78, 5) is 14.7. The van der Waals surface area contributed by atoms with Crippen molar-refractivity contribution in [2.45, 2.75) is 0 Å². The number of rotatable bonds is 3. The Morgan fingerprint density at radius 2 is 2.16 bits per heavy atom. The minimum absolute atomic E-state index is 0.232. The molecule has 0 unspecified atom stereocenters. The minimum Gasteiger partial charge on any atom is -0.459 e. The number of fused-ring (bicyclic) bond motifs is 1. The van der Waals surface area contributed by atoms with Gasteiger partial charge in [-0.25, -0.2) is 5.43 Å². The van der Waals surface area contributed by atoms with Crippen molar-refractivity contribution in [1.82, 2.24) is 10.4 Å². The number of nitrogens with one attached hydrogen (secondary N) is 2. The fraction of sp³-hybridized carbons (Fsp3) is 0. The maximum Gasteiger partial charge on any atom is 0.307 e. The molecular formula is C14H11N3O2. The predicted octanol–water partition coefficient (Wildman–Crippen LogP) is 2.52. The van der Waals surface area contributed by atoms with Gasteiger partial charge in [-0.05, 0) is 18.2 Å². The molecule has 1 aromatic carbocycles. The summed E-state index contributed by atoms with van der Waals surface area (Å²) in [6.45, 7) is 0. The van der Waals surface area contributed by atoms with Gasteiger partial charge < -0.3 is 9.40 Å². The number of hydrazone groups is 1. The summed E-state index contributed by atoms with van der Waals surface area (Å²) in [7, 11) is 0. The van der Waals surface area contributed by atoms with Gasteiger partial charge in [-0.1, -0.05) is 18.2 Å². The number of H-pyrrole nitrogens is 1. The summed E-state index contributed by atoms with van der Waals surface area (Å²) in [5, 5.41) is 4.97. The van der Waals surface area contributed by atoms with Gasteiger partial charge in [-0.3, -0.25) is 4.79 Å². The monoisotopic (exact) mass is 253 g/mol. The highest BCUT2D eigenvalue weighted by Crippen LogP contribution is 2.15. The van der Waals surface area contributed by atoms with E-state index in [1.54, 1.807) is 18.3 Å². The molecule has 0 saturated heterocycles. The van der Waals surface area contributed by atoms with Crippen LogP contribution in [0.2, 0.25) is 0 Å². The van der Waals surface area contributed by atoms with Gasteiger partial charge in [0.1, 0.15) is 0 Å². The van der Waals surface area contributed by atoms with Crippen molar-refractivity contribution in [3.8, 4) is 0 Å². The Morgan fingerprint density at radius 1 is 1.26 bits per heavy atom. The second-order valence-corrected chi connectivity index (χ2v) is 3.97. The molecule has 0 fully saturated rings. The number of para-hydroxylation sites is 1. The number of aromatic nitrogens is 1. The molecule has 0 aliphatic heterocycles. The van der Waals surface area contributed by atoms with E-state index in [-0.39, 0.29) is 11.7 Å². The molecule has 2 aromatic heterocycles. The predicted molar refractivity (Wildman–Crippen MR) is 72.1 cm³/mol. The van der Waals surface area contributed by atoms with Crippen LogP contribution in [-0.2, 0) is 0 Å². The molecule has 0 spiro atoms. The molecule has 0 radical (unpaired) electrons. The van der Waals surface area contributed by atoms with Crippen molar-refractivity contribution in [3.63, 3.8) is 0 Å². The van der Waals surface area contributed by atoms with Gasteiger partial charge >= 0.3 is 5.91 Å². The Balaban J connectivity index is 1.75. The summed E-state index contributed by atoms with van der Waals surface area (Å²) in [5.74, 6) is -0.142. The normalized spacial score (nSPS) is 11.2. The molecular weight excluding hydrogens is 242 g/mol. The van der Waals surface area contributed by atoms with Crippen LogP contribution in [0.15, 0.2) is 58.4 Å². The number of amides is 1. The van der Waals surface area contributed by atoms with Crippen molar-refractivity contribution in [2.24, 2.45) is 5.10 Å². The average Bonchev–Trinajstić information content (AvgIpc) is 3.08. The van der Waals surface area contributed by atoms with Gasteiger partial charge in [0.15, 0.2) is 5.76 Å². The lowest BCUT2D eigenvalue weighted by Gasteiger charge is -1.94. The molecule has 2 N–H and O–H groups in total. The highest BCUT2D eigenvalue weighted by atomic mass is 16.3. The first-order chi connectivity index (χ1) is 9.34. The van der Waals surface area contributed by atoms with E-state index in [2.05, 4.69) is 15.5 Å². The van der Waals surface area contributed by atoms with Gasteiger partial charge in [0.2, 0.25) is 0 Å². The number of benzene rings is 1. The lowest BCUT2D eigenvalue weighted by Crippen LogP contribution is -2.16. The third-order valence-corrected chi connectivity index (χ3v) is 2.74. The van der Waals surface area contributed by atoms with E-state index in [9.17, 15) is 4.79 Å². The molecule has 0 saturated carbocycles. The van der Waals surface area contributed by atoms with Crippen molar-refractivity contribution in [3.05, 3.63) is 60.2 Å². The van der Waals surface area contributed by atoms with Gasteiger partial charge in [0.25, 0.3) is 0 Å². The molecule has 2 heterocycles. The standard InChI is InChI=1S/C14H11N3O2/c18-14(13-6-3-7-19-13)17-16-9-10-8-15-12-5-2-1-4-11(10)12/h1-9,15H,(H,17,18)/b16-9+. The van der Waals surface area contributed by atoms with Crippen molar-refractivity contribution in [2.75, 3.05) is 0 Å². The van der Waals surface area contributed by atoms with Crippen LogP contribution in [0.5, 0.6) is 0 Å². The van der Waals surface area contributed by atoms with Crippen LogP contribution in [-0.4, -0.2) is 17.1 Å². The summed E-state index contributed by atoms with van der Waals surface area (Å²) in [5.41, 5.74) is 4.35. The molecule has 0 aliphatic carbocycles. The van der Waals surface area contributed by atoms with Crippen LogP contribution in [0.3, 0.4) is 0 Å². The zero-order valence-corrected chi connectivity index (χ0v) is 9.96. The molecule has 5 heteroatoms. The third kappa shape index (κ3) is 2.26. The Labute approximate surface area is 108 Å². The zero-order valence-electron chi connectivity index (χ0n) is 9.96. The lowest BCUT2D eigenvalue weighted by atomic mass is 10.2. The van der Waals surface area contributed by atoms with Gasteiger partial charge in [-0.15, -0.1) is 0 Å². The average molecular weight is 253 g/mol. The number of furan rings is 1. The summed E-state index contributed by atoms with van der Waals surface area (Å²) >= 11 is 0. The number of hydrogen-bond acceptors (Lipinski definition) is 3. The second-order valence-electron chi connectivity index (χ2n) is 3.97. The Morgan fingerprint density at radius 3 is 3.00 bits per heavy atom. The van der Waals surface area contributed by atoms with Crippen LogP contribution in [0.4, 0.5) is 0 Å². The topological polar surface area (TPSA) is 70.4 Å². The van der Waals surface area contributed by atoms with E-state index >= 15 is 0 Å². The molecule has 1 amide bonds. The van der Waals surface area contributed by atoms with Crippen molar-refractivity contribution >= 4 is 23.0 Å². The fourth-order valence-corrected chi connectivity index (χ4v) is 1.82. The van der Waals surface area contributed by atoms with E-state index in [1.807, 2.05) is 30.5 Å². The van der Waals surface area contributed by atoms with Crippen LogP contribution >= 0.6 is 0 Å². The van der Waals surface area contributed by atoms with E-state index < -0.39 is 0 Å². The Hall–Kier alpha value is -2.82. The first kappa shape index (κ1) is 11.3. The molecule has 3 aromatic rings.